The van der Waals surface area contributed by atoms with Gasteiger partial charge in [0.1, 0.15) is 0 Å². The highest BCUT2D eigenvalue weighted by molar-refractivity contribution is 5.74. The summed E-state index contributed by atoms with van der Waals surface area (Å²) >= 11 is 0. The molecule has 1 atom stereocenters. The fourth-order valence-corrected chi connectivity index (χ4v) is 4.76. The number of morpholine rings is 1. The van der Waals surface area contributed by atoms with Gasteiger partial charge in [0.05, 0.1) is 13.2 Å². The molecule has 0 aliphatic carbocycles. The number of carbonyl (C=O) groups excluding carboxylic acids is 1. The average Bonchev–Trinajstić information content (AvgIpc) is 2.66. The van der Waals surface area contributed by atoms with Crippen LogP contribution in [0.1, 0.15) is 46.0 Å². The van der Waals surface area contributed by atoms with Gasteiger partial charge in [-0.15, -0.1) is 0 Å². The zero-order valence-electron chi connectivity index (χ0n) is 16.7. The van der Waals surface area contributed by atoms with Crippen LogP contribution in [0.2, 0.25) is 0 Å². The van der Waals surface area contributed by atoms with Crippen LogP contribution in [0, 0.1) is 11.3 Å². The molecule has 26 heavy (non-hydrogen) atoms. The van der Waals surface area contributed by atoms with Gasteiger partial charge >= 0.3 is 6.03 Å². The SMILES string of the molecule is CC(C)CC(CNC(=O)N1CCCC2(CCOCC2)C1)N1CCOCC1. The van der Waals surface area contributed by atoms with Crippen LogP contribution in [0.15, 0.2) is 0 Å². The zero-order chi connectivity index (χ0) is 18.4. The highest BCUT2D eigenvalue weighted by Crippen LogP contribution is 2.39. The first-order valence-corrected chi connectivity index (χ1v) is 10.5. The highest BCUT2D eigenvalue weighted by atomic mass is 16.5. The van der Waals surface area contributed by atoms with Crippen molar-refractivity contribution < 1.29 is 14.3 Å². The minimum Gasteiger partial charge on any atom is -0.381 e. The van der Waals surface area contributed by atoms with Crippen LogP contribution in [0.4, 0.5) is 4.79 Å². The molecule has 3 heterocycles. The van der Waals surface area contributed by atoms with Gasteiger partial charge in [0, 0.05) is 52.0 Å². The first-order chi connectivity index (χ1) is 12.6. The first kappa shape index (κ1) is 19.9. The number of piperidine rings is 1. The first-order valence-electron chi connectivity index (χ1n) is 10.5. The lowest BCUT2D eigenvalue weighted by Gasteiger charge is -2.45. The molecular weight excluding hydrogens is 330 g/mol. The molecule has 0 aromatic rings. The molecule has 1 unspecified atom stereocenters. The molecule has 3 saturated heterocycles. The quantitative estimate of drug-likeness (QED) is 0.810. The highest BCUT2D eigenvalue weighted by Gasteiger charge is 2.38. The number of ether oxygens (including phenoxy) is 2. The molecule has 3 rings (SSSR count). The van der Waals surface area contributed by atoms with E-state index >= 15 is 0 Å². The van der Waals surface area contributed by atoms with E-state index in [4.69, 9.17) is 9.47 Å². The van der Waals surface area contributed by atoms with Crippen LogP contribution < -0.4 is 5.32 Å². The number of hydrogen-bond donors (Lipinski definition) is 1. The molecule has 2 amide bonds. The molecule has 6 nitrogen and oxygen atoms in total. The van der Waals surface area contributed by atoms with E-state index in [1.165, 1.54) is 6.42 Å². The summed E-state index contributed by atoms with van der Waals surface area (Å²) in [5.74, 6) is 0.625. The van der Waals surface area contributed by atoms with Gasteiger partial charge in [-0.1, -0.05) is 13.8 Å². The van der Waals surface area contributed by atoms with Crippen molar-refractivity contribution in [2.24, 2.45) is 11.3 Å². The molecule has 6 heteroatoms. The Bertz CT molecular complexity index is 440. The molecular formula is C20H37N3O3. The third-order valence-corrected chi connectivity index (χ3v) is 6.30. The van der Waals surface area contributed by atoms with Crippen molar-refractivity contribution in [1.29, 1.82) is 0 Å². The lowest BCUT2D eigenvalue weighted by Crippen LogP contribution is -2.54. The number of carbonyl (C=O) groups is 1. The molecule has 3 aliphatic heterocycles. The van der Waals surface area contributed by atoms with Gasteiger partial charge in [0.2, 0.25) is 0 Å². The van der Waals surface area contributed by atoms with E-state index in [-0.39, 0.29) is 6.03 Å². The Hall–Kier alpha value is -0.850. The molecule has 0 bridgehead atoms. The predicted octanol–water partition coefficient (Wildman–Crippen LogP) is 2.34. The van der Waals surface area contributed by atoms with Crippen LogP contribution in [0.5, 0.6) is 0 Å². The molecule has 150 valence electrons. The second-order valence-electron chi connectivity index (χ2n) is 8.76. The van der Waals surface area contributed by atoms with E-state index in [0.29, 0.717) is 17.4 Å². The molecule has 3 fully saturated rings. The van der Waals surface area contributed by atoms with Gasteiger partial charge in [0.15, 0.2) is 0 Å². The van der Waals surface area contributed by atoms with Crippen LogP contribution >= 0.6 is 0 Å². The predicted molar refractivity (Wildman–Crippen MR) is 102 cm³/mol. The smallest absolute Gasteiger partial charge is 0.317 e. The molecule has 0 radical (unpaired) electrons. The molecule has 0 aromatic carbocycles. The second kappa shape index (κ2) is 9.38. The van der Waals surface area contributed by atoms with E-state index in [1.54, 1.807) is 0 Å². The fraction of sp³-hybridized carbons (Fsp3) is 0.950. The second-order valence-corrected chi connectivity index (χ2v) is 8.76. The molecule has 3 aliphatic rings. The zero-order valence-corrected chi connectivity index (χ0v) is 16.7. The maximum atomic E-state index is 12.8. The largest absolute Gasteiger partial charge is 0.381 e. The summed E-state index contributed by atoms with van der Waals surface area (Å²) in [5, 5.41) is 3.25. The van der Waals surface area contributed by atoms with Gasteiger partial charge in [-0.25, -0.2) is 4.79 Å². The lowest BCUT2D eigenvalue weighted by atomic mass is 9.74. The molecule has 0 aromatic heterocycles. The number of nitrogens with one attached hydrogen (secondary N) is 1. The standard InChI is InChI=1S/C20H37N3O3/c1-17(2)14-18(22-8-12-26-13-9-22)15-21-19(24)23-7-3-4-20(16-23)5-10-25-11-6-20/h17-18H,3-16H2,1-2H3,(H,21,24). The number of hydrogen-bond acceptors (Lipinski definition) is 4. The summed E-state index contributed by atoms with van der Waals surface area (Å²) in [6, 6.07) is 0.530. The van der Waals surface area contributed by atoms with E-state index in [0.717, 1.165) is 84.8 Å². The van der Waals surface area contributed by atoms with Gasteiger partial charge in [-0.3, -0.25) is 4.90 Å². The van der Waals surface area contributed by atoms with Gasteiger partial charge in [0.25, 0.3) is 0 Å². The van der Waals surface area contributed by atoms with E-state index < -0.39 is 0 Å². The summed E-state index contributed by atoms with van der Waals surface area (Å²) in [5.41, 5.74) is 0.301. The monoisotopic (exact) mass is 367 g/mol. The fourth-order valence-electron chi connectivity index (χ4n) is 4.76. The van der Waals surface area contributed by atoms with Gasteiger partial charge in [-0.2, -0.15) is 0 Å². The van der Waals surface area contributed by atoms with Crippen molar-refractivity contribution in [3.05, 3.63) is 0 Å². The van der Waals surface area contributed by atoms with Crippen LogP contribution in [-0.4, -0.2) is 81.0 Å². The van der Waals surface area contributed by atoms with Crippen molar-refractivity contribution in [3.8, 4) is 0 Å². The van der Waals surface area contributed by atoms with E-state index in [1.807, 2.05) is 0 Å². The normalized spacial score (nSPS) is 25.4. The number of urea groups is 1. The van der Waals surface area contributed by atoms with Crippen LogP contribution in [-0.2, 0) is 9.47 Å². The topological polar surface area (TPSA) is 54.0 Å². The Morgan fingerprint density at radius 1 is 1.04 bits per heavy atom. The minimum atomic E-state index is 0.123. The molecule has 1 spiro atoms. The summed E-state index contributed by atoms with van der Waals surface area (Å²) in [6.45, 7) is 12.3. The van der Waals surface area contributed by atoms with Crippen LogP contribution in [0.3, 0.4) is 0 Å². The summed E-state index contributed by atoms with van der Waals surface area (Å²) in [6.07, 6.45) is 5.67. The number of nitrogens with zero attached hydrogens (tertiary/aromatic N) is 2. The third kappa shape index (κ3) is 5.33. The number of amides is 2. The van der Waals surface area contributed by atoms with Crippen molar-refractivity contribution in [2.45, 2.75) is 52.0 Å². The minimum absolute atomic E-state index is 0.123. The van der Waals surface area contributed by atoms with E-state index in [2.05, 4.69) is 29.0 Å². The van der Waals surface area contributed by atoms with Gasteiger partial charge < -0.3 is 19.7 Å². The molecule has 0 saturated carbocycles. The summed E-state index contributed by atoms with van der Waals surface area (Å²) < 4.78 is 11.0. The third-order valence-electron chi connectivity index (χ3n) is 6.30. The number of rotatable bonds is 5. The van der Waals surface area contributed by atoms with E-state index in [9.17, 15) is 4.79 Å². The summed E-state index contributed by atoms with van der Waals surface area (Å²) in [7, 11) is 0. The Labute approximate surface area is 158 Å². The maximum Gasteiger partial charge on any atom is 0.317 e. The Morgan fingerprint density at radius 2 is 1.73 bits per heavy atom. The number of likely N-dealkylation sites (tertiary alicyclic amines) is 1. The van der Waals surface area contributed by atoms with Crippen molar-refractivity contribution in [1.82, 2.24) is 15.1 Å². The molecule has 1 N–H and O–H groups in total. The average molecular weight is 368 g/mol. The van der Waals surface area contributed by atoms with Crippen molar-refractivity contribution in [2.75, 3.05) is 59.2 Å². The van der Waals surface area contributed by atoms with Crippen molar-refractivity contribution in [3.63, 3.8) is 0 Å². The Morgan fingerprint density at radius 3 is 2.42 bits per heavy atom. The summed E-state index contributed by atoms with van der Waals surface area (Å²) in [4.78, 5) is 17.4. The Kier molecular flexibility index (Phi) is 7.18. The Balaban J connectivity index is 1.52. The van der Waals surface area contributed by atoms with Crippen molar-refractivity contribution >= 4 is 6.03 Å². The van der Waals surface area contributed by atoms with Gasteiger partial charge in [-0.05, 0) is 43.4 Å². The van der Waals surface area contributed by atoms with Crippen LogP contribution in [0.25, 0.3) is 0 Å². The maximum absolute atomic E-state index is 12.8. The lowest BCUT2D eigenvalue weighted by molar-refractivity contribution is -0.0190.